The highest BCUT2D eigenvalue weighted by Crippen LogP contribution is 2.15. The fourth-order valence-corrected chi connectivity index (χ4v) is 0.997. The molecule has 0 bridgehead atoms. The topological polar surface area (TPSA) is 63.7 Å². The highest BCUT2D eigenvalue weighted by molar-refractivity contribution is 5.53. The van der Waals surface area contributed by atoms with E-state index >= 15 is 0 Å². The Morgan fingerprint density at radius 3 is 3.00 bits per heavy atom. The number of ether oxygens (including phenoxy) is 1. The Morgan fingerprint density at radius 1 is 1.38 bits per heavy atom. The fourth-order valence-electron chi connectivity index (χ4n) is 0.997. The summed E-state index contributed by atoms with van der Waals surface area (Å²) in [7, 11) is 1.57. The van der Waals surface area contributed by atoms with Gasteiger partial charge < -0.3 is 4.74 Å². The van der Waals surface area contributed by atoms with Gasteiger partial charge in [0.1, 0.15) is 6.33 Å². The minimum absolute atomic E-state index is 0.541. The van der Waals surface area contributed by atoms with Crippen LogP contribution in [-0.2, 0) is 0 Å². The van der Waals surface area contributed by atoms with Crippen molar-refractivity contribution in [3.63, 3.8) is 0 Å². The van der Waals surface area contributed by atoms with Crippen LogP contribution in [0.15, 0.2) is 24.7 Å². The number of nitrogens with zero attached hydrogens (tertiary/aromatic N) is 3. The minimum Gasteiger partial charge on any atom is -0.481 e. The normalized spacial score (nSPS) is 9.92. The number of nitrogens with one attached hydrogen (secondary N) is 1. The van der Waals surface area contributed by atoms with Gasteiger partial charge in [0.15, 0.2) is 0 Å². The highest BCUT2D eigenvalue weighted by atomic mass is 16.5. The van der Waals surface area contributed by atoms with Crippen molar-refractivity contribution in [1.29, 1.82) is 0 Å². The molecule has 0 radical (unpaired) electrons. The van der Waals surface area contributed by atoms with Gasteiger partial charge in [0.2, 0.25) is 5.88 Å². The first-order chi connectivity index (χ1) is 6.40. The lowest BCUT2D eigenvalue weighted by Gasteiger charge is -1.99. The standard InChI is InChI=1S/C8H8N4O/c1-13-8-4-7(9-5-10-8)6-2-3-11-12-6/h2-5H,1H3,(H,11,12). The van der Waals surface area contributed by atoms with E-state index in [0.29, 0.717) is 5.88 Å². The van der Waals surface area contributed by atoms with Gasteiger partial charge >= 0.3 is 0 Å². The predicted molar refractivity (Wildman–Crippen MR) is 46.2 cm³/mol. The summed E-state index contributed by atoms with van der Waals surface area (Å²) in [6.07, 6.45) is 3.12. The maximum atomic E-state index is 4.97. The Labute approximate surface area is 74.8 Å². The Kier molecular flexibility index (Phi) is 1.91. The molecular weight excluding hydrogens is 168 g/mol. The fraction of sp³-hybridized carbons (Fsp3) is 0.125. The van der Waals surface area contributed by atoms with Crippen LogP contribution in [-0.4, -0.2) is 27.3 Å². The quantitative estimate of drug-likeness (QED) is 0.737. The molecule has 5 heteroatoms. The summed E-state index contributed by atoms with van der Waals surface area (Å²) in [5.74, 6) is 0.541. The van der Waals surface area contributed by atoms with E-state index in [1.807, 2.05) is 6.07 Å². The summed E-state index contributed by atoms with van der Waals surface area (Å²) in [6, 6.07) is 3.58. The summed E-state index contributed by atoms with van der Waals surface area (Å²) in [6.45, 7) is 0. The number of methoxy groups -OCH3 is 1. The van der Waals surface area contributed by atoms with Gasteiger partial charge in [-0.15, -0.1) is 0 Å². The number of hydrogen-bond donors (Lipinski definition) is 1. The molecule has 2 rings (SSSR count). The Hall–Kier alpha value is -1.91. The van der Waals surface area contributed by atoms with Crippen LogP contribution < -0.4 is 4.74 Å². The lowest BCUT2D eigenvalue weighted by molar-refractivity contribution is 0.397. The van der Waals surface area contributed by atoms with Crippen molar-refractivity contribution in [3.05, 3.63) is 24.7 Å². The van der Waals surface area contributed by atoms with Crippen molar-refractivity contribution in [2.45, 2.75) is 0 Å². The van der Waals surface area contributed by atoms with Gasteiger partial charge in [0, 0.05) is 12.3 Å². The molecule has 13 heavy (non-hydrogen) atoms. The van der Waals surface area contributed by atoms with Crippen molar-refractivity contribution in [2.24, 2.45) is 0 Å². The van der Waals surface area contributed by atoms with E-state index in [0.717, 1.165) is 11.4 Å². The molecule has 0 aliphatic carbocycles. The van der Waals surface area contributed by atoms with Crippen molar-refractivity contribution >= 4 is 0 Å². The van der Waals surface area contributed by atoms with Crippen molar-refractivity contribution in [1.82, 2.24) is 20.2 Å². The summed E-state index contributed by atoms with van der Waals surface area (Å²) in [5.41, 5.74) is 1.62. The third-order valence-electron chi connectivity index (χ3n) is 1.63. The summed E-state index contributed by atoms with van der Waals surface area (Å²) < 4.78 is 4.97. The first-order valence-corrected chi connectivity index (χ1v) is 3.76. The average Bonchev–Trinajstić information content (AvgIpc) is 2.71. The zero-order chi connectivity index (χ0) is 9.10. The lowest BCUT2D eigenvalue weighted by atomic mass is 10.3. The van der Waals surface area contributed by atoms with Crippen LogP contribution in [0, 0.1) is 0 Å². The van der Waals surface area contributed by atoms with Crippen LogP contribution >= 0.6 is 0 Å². The Balaban J connectivity index is 2.41. The first-order valence-electron chi connectivity index (χ1n) is 3.76. The molecule has 0 saturated heterocycles. The minimum atomic E-state index is 0.541. The Bertz CT molecular complexity index is 385. The second-order valence-corrected chi connectivity index (χ2v) is 2.42. The molecule has 0 saturated carbocycles. The van der Waals surface area contributed by atoms with Crippen LogP contribution in [0.25, 0.3) is 11.4 Å². The van der Waals surface area contributed by atoms with E-state index in [9.17, 15) is 0 Å². The second-order valence-electron chi connectivity index (χ2n) is 2.42. The van der Waals surface area contributed by atoms with E-state index in [2.05, 4.69) is 20.2 Å². The van der Waals surface area contributed by atoms with Gasteiger partial charge in [-0.3, -0.25) is 5.10 Å². The maximum absolute atomic E-state index is 4.97. The van der Waals surface area contributed by atoms with E-state index in [1.54, 1.807) is 19.4 Å². The first kappa shape index (κ1) is 7.72. The van der Waals surface area contributed by atoms with Gasteiger partial charge in [0.25, 0.3) is 0 Å². The smallest absolute Gasteiger partial charge is 0.216 e. The molecule has 2 aromatic heterocycles. The predicted octanol–water partition coefficient (Wildman–Crippen LogP) is 0.875. The molecule has 2 aromatic rings. The van der Waals surface area contributed by atoms with E-state index < -0.39 is 0 Å². The van der Waals surface area contributed by atoms with Crippen LogP contribution in [0.3, 0.4) is 0 Å². The molecule has 0 fully saturated rings. The molecule has 0 aliphatic heterocycles. The summed E-state index contributed by atoms with van der Waals surface area (Å²) in [5, 5.41) is 6.64. The Morgan fingerprint density at radius 2 is 2.31 bits per heavy atom. The number of H-pyrrole nitrogens is 1. The molecular formula is C8H8N4O. The number of aromatic amines is 1. The highest BCUT2D eigenvalue weighted by Gasteiger charge is 2.01. The second kappa shape index (κ2) is 3.22. The number of hydrogen-bond acceptors (Lipinski definition) is 4. The lowest BCUT2D eigenvalue weighted by Crippen LogP contribution is -1.90. The zero-order valence-corrected chi connectivity index (χ0v) is 7.06. The summed E-state index contributed by atoms with van der Waals surface area (Å²) in [4.78, 5) is 7.97. The van der Waals surface area contributed by atoms with Crippen LogP contribution in [0.2, 0.25) is 0 Å². The van der Waals surface area contributed by atoms with Crippen molar-refractivity contribution in [3.8, 4) is 17.3 Å². The third-order valence-corrected chi connectivity index (χ3v) is 1.63. The average molecular weight is 176 g/mol. The monoisotopic (exact) mass is 176 g/mol. The number of rotatable bonds is 2. The van der Waals surface area contributed by atoms with Gasteiger partial charge in [-0.05, 0) is 6.07 Å². The summed E-state index contributed by atoms with van der Waals surface area (Å²) >= 11 is 0. The molecule has 0 aliphatic rings. The maximum Gasteiger partial charge on any atom is 0.216 e. The third kappa shape index (κ3) is 1.48. The molecule has 2 heterocycles. The van der Waals surface area contributed by atoms with Gasteiger partial charge in [-0.25, -0.2) is 9.97 Å². The van der Waals surface area contributed by atoms with E-state index in [-0.39, 0.29) is 0 Å². The van der Waals surface area contributed by atoms with Gasteiger partial charge in [-0.2, -0.15) is 5.10 Å². The molecule has 0 unspecified atom stereocenters. The molecule has 5 nitrogen and oxygen atoms in total. The number of aromatic nitrogens is 4. The zero-order valence-electron chi connectivity index (χ0n) is 7.06. The van der Waals surface area contributed by atoms with Crippen molar-refractivity contribution < 1.29 is 4.74 Å². The molecule has 0 amide bonds. The molecule has 0 aromatic carbocycles. The van der Waals surface area contributed by atoms with Gasteiger partial charge in [0.05, 0.1) is 18.5 Å². The van der Waals surface area contributed by atoms with Crippen molar-refractivity contribution in [2.75, 3.05) is 7.11 Å². The molecule has 0 atom stereocenters. The SMILES string of the molecule is COc1cc(-c2ccn[nH]2)ncn1. The van der Waals surface area contributed by atoms with E-state index in [1.165, 1.54) is 6.33 Å². The van der Waals surface area contributed by atoms with Crippen LogP contribution in [0.5, 0.6) is 5.88 Å². The van der Waals surface area contributed by atoms with Gasteiger partial charge in [-0.1, -0.05) is 0 Å². The van der Waals surface area contributed by atoms with Crippen LogP contribution in [0.1, 0.15) is 0 Å². The molecule has 1 N–H and O–H groups in total. The van der Waals surface area contributed by atoms with E-state index in [4.69, 9.17) is 4.74 Å². The largest absolute Gasteiger partial charge is 0.481 e. The molecule has 66 valence electrons. The molecule has 0 spiro atoms. The van der Waals surface area contributed by atoms with Crippen LogP contribution in [0.4, 0.5) is 0 Å².